The van der Waals surface area contributed by atoms with Gasteiger partial charge in [-0.3, -0.25) is 10.1 Å². The SMILES string of the molecule is N#C/C(=C/c1ccc([N+](=O)[O-])cc1)c1cccc(Cl)c1. The molecule has 0 aliphatic heterocycles. The first kappa shape index (κ1) is 13.8. The molecular weight excluding hydrogens is 276 g/mol. The Hall–Kier alpha value is -2.64. The Balaban J connectivity index is 2.37. The smallest absolute Gasteiger partial charge is 0.258 e. The van der Waals surface area contributed by atoms with Gasteiger partial charge in [-0.15, -0.1) is 0 Å². The van der Waals surface area contributed by atoms with Gasteiger partial charge < -0.3 is 0 Å². The second-order valence-electron chi connectivity index (χ2n) is 4.03. The number of rotatable bonds is 3. The van der Waals surface area contributed by atoms with E-state index >= 15 is 0 Å². The highest BCUT2D eigenvalue weighted by Crippen LogP contribution is 2.22. The van der Waals surface area contributed by atoms with E-state index < -0.39 is 4.92 Å². The molecule has 0 atom stereocenters. The summed E-state index contributed by atoms with van der Waals surface area (Å²) in [6, 6.07) is 15.1. The van der Waals surface area contributed by atoms with Crippen molar-refractivity contribution < 1.29 is 4.92 Å². The molecule has 0 saturated heterocycles. The highest BCUT2D eigenvalue weighted by atomic mass is 35.5. The number of nitro benzene ring substituents is 1. The third-order valence-corrected chi connectivity index (χ3v) is 2.91. The summed E-state index contributed by atoms with van der Waals surface area (Å²) in [5, 5.41) is 20.3. The van der Waals surface area contributed by atoms with Crippen LogP contribution in [0.4, 0.5) is 5.69 Å². The van der Waals surface area contributed by atoms with Crippen LogP contribution in [0.15, 0.2) is 48.5 Å². The summed E-state index contributed by atoms with van der Waals surface area (Å²) in [6.45, 7) is 0. The molecule has 0 aliphatic carbocycles. The Kier molecular flexibility index (Phi) is 4.14. The number of non-ortho nitro benzene ring substituents is 1. The Labute approximate surface area is 120 Å². The Morgan fingerprint density at radius 3 is 2.50 bits per heavy atom. The molecule has 0 fully saturated rings. The first-order valence-electron chi connectivity index (χ1n) is 5.72. The maximum Gasteiger partial charge on any atom is 0.269 e. The number of nitrogens with zero attached hydrogens (tertiary/aromatic N) is 2. The fourth-order valence-corrected chi connectivity index (χ4v) is 1.89. The van der Waals surface area contributed by atoms with Gasteiger partial charge in [0.1, 0.15) is 0 Å². The van der Waals surface area contributed by atoms with E-state index in [9.17, 15) is 15.4 Å². The van der Waals surface area contributed by atoms with Gasteiger partial charge in [-0.1, -0.05) is 23.7 Å². The van der Waals surface area contributed by atoms with Gasteiger partial charge in [0.25, 0.3) is 5.69 Å². The maximum atomic E-state index is 10.6. The molecule has 0 bridgehead atoms. The van der Waals surface area contributed by atoms with Crippen molar-refractivity contribution in [2.24, 2.45) is 0 Å². The summed E-state index contributed by atoms with van der Waals surface area (Å²) in [5.74, 6) is 0. The molecule has 20 heavy (non-hydrogen) atoms. The normalized spacial score (nSPS) is 10.9. The number of nitro groups is 1. The molecule has 0 spiro atoms. The summed E-state index contributed by atoms with van der Waals surface area (Å²) in [6.07, 6.45) is 1.66. The Morgan fingerprint density at radius 1 is 1.25 bits per heavy atom. The molecule has 0 N–H and O–H groups in total. The van der Waals surface area contributed by atoms with E-state index in [4.69, 9.17) is 11.6 Å². The standard InChI is InChI=1S/C15H9ClN2O2/c16-14-3-1-2-12(9-14)13(10-17)8-11-4-6-15(7-5-11)18(19)20/h1-9H/b13-8-. The predicted molar refractivity (Wildman–Crippen MR) is 78.0 cm³/mol. The van der Waals surface area contributed by atoms with E-state index in [2.05, 4.69) is 6.07 Å². The highest BCUT2D eigenvalue weighted by molar-refractivity contribution is 6.30. The molecule has 0 aromatic heterocycles. The van der Waals surface area contributed by atoms with Crippen molar-refractivity contribution in [3.8, 4) is 6.07 Å². The zero-order valence-electron chi connectivity index (χ0n) is 10.3. The molecule has 2 aromatic carbocycles. The van der Waals surface area contributed by atoms with Gasteiger partial charge in [0, 0.05) is 17.2 Å². The van der Waals surface area contributed by atoms with Crippen LogP contribution in [-0.4, -0.2) is 4.92 Å². The van der Waals surface area contributed by atoms with Crippen molar-refractivity contribution in [1.82, 2.24) is 0 Å². The van der Waals surface area contributed by atoms with Crippen molar-refractivity contribution in [3.63, 3.8) is 0 Å². The van der Waals surface area contributed by atoms with Gasteiger partial charge in [-0.05, 0) is 41.5 Å². The van der Waals surface area contributed by atoms with Crippen LogP contribution in [0.5, 0.6) is 0 Å². The van der Waals surface area contributed by atoms with Gasteiger partial charge >= 0.3 is 0 Å². The summed E-state index contributed by atoms with van der Waals surface area (Å²) in [7, 11) is 0. The zero-order valence-corrected chi connectivity index (χ0v) is 11.0. The lowest BCUT2D eigenvalue weighted by atomic mass is 10.0. The highest BCUT2D eigenvalue weighted by Gasteiger charge is 2.05. The van der Waals surface area contributed by atoms with Crippen LogP contribution < -0.4 is 0 Å². The molecular formula is C15H9ClN2O2. The van der Waals surface area contributed by atoms with E-state index in [1.54, 1.807) is 42.5 Å². The van der Waals surface area contributed by atoms with E-state index in [-0.39, 0.29) is 5.69 Å². The quantitative estimate of drug-likeness (QED) is 0.365. The summed E-state index contributed by atoms with van der Waals surface area (Å²) < 4.78 is 0. The van der Waals surface area contributed by atoms with Gasteiger partial charge in [0.2, 0.25) is 0 Å². The summed E-state index contributed by atoms with van der Waals surface area (Å²) >= 11 is 5.89. The second-order valence-corrected chi connectivity index (χ2v) is 4.47. The first-order chi connectivity index (χ1) is 9.60. The van der Waals surface area contributed by atoms with Crippen LogP contribution >= 0.6 is 11.6 Å². The van der Waals surface area contributed by atoms with Crippen molar-refractivity contribution in [1.29, 1.82) is 5.26 Å². The number of allylic oxidation sites excluding steroid dienone is 1. The topological polar surface area (TPSA) is 66.9 Å². The van der Waals surface area contributed by atoms with E-state index in [0.29, 0.717) is 21.7 Å². The van der Waals surface area contributed by atoms with Crippen LogP contribution in [0.3, 0.4) is 0 Å². The van der Waals surface area contributed by atoms with E-state index in [1.165, 1.54) is 12.1 Å². The lowest BCUT2D eigenvalue weighted by Crippen LogP contribution is -1.87. The molecule has 2 aromatic rings. The second kappa shape index (κ2) is 6.00. The van der Waals surface area contributed by atoms with Crippen molar-refractivity contribution in [2.75, 3.05) is 0 Å². The van der Waals surface area contributed by atoms with E-state index in [1.807, 2.05) is 0 Å². The minimum absolute atomic E-state index is 0.0170. The molecule has 98 valence electrons. The maximum absolute atomic E-state index is 10.6. The van der Waals surface area contributed by atoms with Crippen LogP contribution in [0, 0.1) is 21.4 Å². The lowest BCUT2D eigenvalue weighted by Gasteiger charge is -2.00. The number of benzene rings is 2. The third kappa shape index (κ3) is 3.22. The molecule has 0 amide bonds. The third-order valence-electron chi connectivity index (χ3n) is 2.67. The molecule has 0 radical (unpaired) electrons. The predicted octanol–water partition coefficient (Wildman–Crippen LogP) is 4.31. The van der Waals surface area contributed by atoms with Gasteiger partial charge in [0.05, 0.1) is 16.6 Å². The lowest BCUT2D eigenvalue weighted by molar-refractivity contribution is -0.384. The van der Waals surface area contributed by atoms with Crippen LogP contribution in [-0.2, 0) is 0 Å². The summed E-state index contributed by atoms with van der Waals surface area (Å²) in [4.78, 5) is 10.1. The van der Waals surface area contributed by atoms with Crippen LogP contribution in [0.1, 0.15) is 11.1 Å². The van der Waals surface area contributed by atoms with Crippen LogP contribution in [0.25, 0.3) is 11.6 Å². The van der Waals surface area contributed by atoms with Crippen LogP contribution in [0.2, 0.25) is 5.02 Å². The molecule has 2 rings (SSSR count). The monoisotopic (exact) mass is 284 g/mol. The minimum Gasteiger partial charge on any atom is -0.258 e. The first-order valence-corrected chi connectivity index (χ1v) is 6.10. The number of hydrogen-bond acceptors (Lipinski definition) is 3. The van der Waals surface area contributed by atoms with Gasteiger partial charge in [-0.2, -0.15) is 5.26 Å². The average Bonchev–Trinajstić information content (AvgIpc) is 2.45. The van der Waals surface area contributed by atoms with Gasteiger partial charge in [-0.25, -0.2) is 0 Å². The number of nitriles is 1. The van der Waals surface area contributed by atoms with Crippen molar-refractivity contribution >= 4 is 28.9 Å². The molecule has 0 unspecified atom stereocenters. The molecule has 0 saturated carbocycles. The fourth-order valence-electron chi connectivity index (χ4n) is 1.70. The minimum atomic E-state index is -0.463. The number of halogens is 1. The molecule has 4 nitrogen and oxygen atoms in total. The summed E-state index contributed by atoms with van der Waals surface area (Å²) in [5.41, 5.74) is 1.88. The number of hydrogen-bond donors (Lipinski definition) is 0. The molecule has 5 heteroatoms. The van der Waals surface area contributed by atoms with Gasteiger partial charge in [0.15, 0.2) is 0 Å². The Bertz CT molecular complexity index is 715. The molecule has 0 heterocycles. The fraction of sp³-hybridized carbons (Fsp3) is 0. The zero-order chi connectivity index (χ0) is 14.5. The Morgan fingerprint density at radius 2 is 1.95 bits per heavy atom. The van der Waals surface area contributed by atoms with Crippen molar-refractivity contribution in [3.05, 3.63) is 74.8 Å². The average molecular weight is 285 g/mol. The largest absolute Gasteiger partial charge is 0.269 e. The van der Waals surface area contributed by atoms with E-state index in [0.717, 1.165) is 0 Å². The van der Waals surface area contributed by atoms with Crippen molar-refractivity contribution in [2.45, 2.75) is 0 Å². The molecule has 0 aliphatic rings.